The van der Waals surface area contributed by atoms with Crippen molar-refractivity contribution in [2.24, 2.45) is 0 Å². The minimum atomic E-state index is -0.462. The first-order valence-corrected chi connectivity index (χ1v) is 6.83. The van der Waals surface area contributed by atoms with Gasteiger partial charge in [0.05, 0.1) is 25.6 Å². The Labute approximate surface area is 139 Å². The van der Waals surface area contributed by atoms with E-state index in [1.54, 1.807) is 13.0 Å². The van der Waals surface area contributed by atoms with Gasteiger partial charge in [0.2, 0.25) is 0 Å². The summed E-state index contributed by atoms with van der Waals surface area (Å²) in [6.07, 6.45) is 2.77. The van der Waals surface area contributed by atoms with E-state index < -0.39 is 17.7 Å². The quantitative estimate of drug-likeness (QED) is 0.819. The second kappa shape index (κ2) is 8.89. The summed E-state index contributed by atoms with van der Waals surface area (Å²) >= 11 is 0. The minimum Gasteiger partial charge on any atom is -0.466 e. The molecule has 8 heteroatoms. The lowest BCUT2D eigenvalue weighted by Crippen LogP contribution is -2.33. The van der Waals surface area contributed by atoms with Crippen molar-refractivity contribution in [3.05, 3.63) is 48.3 Å². The SMILES string of the molecule is CCOC(=O)CCN(C(=O)c1cnc[nH]1)c1cccc(F)c1.Cl. The van der Waals surface area contributed by atoms with Gasteiger partial charge in [-0.15, -0.1) is 12.4 Å². The minimum absolute atomic E-state index is 0. The molecule has 0 saturated carbocycles. The van der Waals surface area contributed by atoms with Crippen molar-refractivity contribution in [2.75, 3.05) is 18.1 Å². The van der Waals surface area contributed by atoms with Crippen LogP contribution in [-0.4, -0.2) is 35.0 Å². The number of rotatable bonds is 6. The molecule has 0 bridgehead atoms. The Hall–Kier alpha value is -2.41. The summed E-state index contributed by atoms with van der Waals surface area (Å²) in [4.78, 5) is 31.8. The highest BCUT2D eigenvalue weighted by Gasteiger charge is 2.20. The van der Waals surface area contributed by atoms with Gasteiger partial charge in [-0.05, 0) is 25.1 Å². The first-order valence-electron chi connectivity index (χ1n) is 6.83. The number of carbonyl (C=O) groups is 2. The third-order valence-corrected chi connectivity index (χ3v) is 2.94. The Morgan fingerprint density at radius 3 is 2.78 bits per heavy atom. The lowest BCUT2D eigenvalue weighted by Gasteiger charge is -2.21. The van der Waals surface area contributed by atoms with Crippen LogP contribution in [0, 0.1) is 5.82 Å². The van der Waals surface area contributed by atoms with E-state index in [0.29, 0.717) is 5.69 Å². The normalized spacial score (nSPS) is 9.83. The molecule has 0 spiro atoms. The van der Waals surface area contributed by atoms with Crippen LogP contribution < -0.4 is 4.90 Å². The van der Waals surface area contributed by atoms with Crippen molar-refractivity contribution in [3.63, 3.8) is 0 Å². The van der Waals surface area contributed by atoms with Crippen molar-refractivity contribution < 1.29 is 18.7 Å². The molecule has 1 aromatic carbocycles. The number of H-pyrrole nitrogens is 1. The number of aromatic amines is 1. The molecule has 23 heavy (non-hydrogen) atoms. The molecular weight excluding hydrogens is 325 g/mol. The number of hydrogen-bond donors (Lipinski definition) is 1. The van der Waals surface area contributed by atoms with Gasteiger partial charge >= 0.3 is 5.97 Å². The van der Waals surface area contributed by atoms with E-state index in [2.05, 4.69) is 9.97 Å². The lowest BCUT2D eigenvalue weighted by atomic mass is 10.2. The Morgan fingerprint density at radius 1 is 1.39 bits per heavy atom. The van der Waals surface area contributed by atoms with Gasteiger partial charge in [-0.3, -0.25) is 9.59 Å². The van der Waals surface area contributed by atoms with Gasteiger partial charge in [-0.25, -0.2) is 9.37 Å². The molecule has 2 rings (SSSR count). The molecule has 0 radical (unpaired) electrons. The maximum Gasteiger partial charge on any atom is 0.307 e. The molecule has 0 fully saturated rings. The second-order valence-corrected chi connectivity index (χ2v) is 4.46. The summed E-state index contributed by atoms with van der Waals surface area (Å²) in [5.41, 5.74) is 0.622. The number of hydrogen-bond acceptors (Lipinski definition) is 4. The van der Waals surface area contributed by atoms with Crippen LogP contribution in [0.15, 0.2) is 36.8 Å². The van der Waals surface area contributed by atoms with Gasteiger partial charge < -0.3 is 14.6 Å². The van der Waals surface area contributed by atoms with Crippen LogP contribution in [0.25, 0.3) is 0 Å². The molecule has 1 heterocycles. The van der Waals surface area contributed by atoms with E-state index in [-0.39, 0.29) is 37.7 Å². The molecule has 0 aliphatic rings. The zero-order chi connectivity index (χ0) is 15.9. The molecule has 1 aromatic heterocycles. The van der Waals surface area contributed by atoms with Gasteiger partial charge in [0.25, 0.3) is 5.91 Å². The molecule has 0 unspecified atom stereocenters. The second-order valence-electron chi connectivity index (χ2n) is 4.46. The van der Waals surface area contributed by atoms with Crippen LogP contribution in [0.1, 0.15) is 23.8 Å². The van der Waals surface area contributed by atoms with E-state index in [0.717, 1.165) is 0 Å². The molecule has 2 aromatic rings. The molecule has 0 atom stereocenters. The number of aromatic nitrogens is 2. The van der Waals surface area contributed by atoms with Crippen LogP contribution in [0.2, 0.25) is 0 Å². The third-order valence-electron chi connectivity index (χ3n) is 2.94. The highest BCUT2D eigenvalue weighted by molar-refractivity contribution is 6.04. The largest absolute Gasteiger partial charge is 0.466 e. The maximum atomic E-state index is 13.4. The number of esters is 1. The Bertz CT molecular complexity index is 649. The van der Waals surface area contributed by atoms with Gasteiger partial charge in [0.15, 0.2) is 0 Å². The molecule has 0 saturated heterocycles. The van der Waals surface area contributed by atoms with Crippen molar-refractivity contribution in [1.82, 2.24) is 9.97 Å². The number of nitrogens with zero attached hydrogens (tertiary/aromatic N) is 2. The van der Waals surface area contributed by atoms with Crippen molar-refractivity contribution in [2.45, 2.75) is 13.3 Å². The zero-order valence-electron chi connectivity index (χ0n) is 12.5. The highest BCUT2D eigenvalue weighted by Crippen LogP contribution is 2.18. The Morgan fingerprint density at radius 2 is 2.17 bits per heavy atom. The van der Waals surface area contributed by atoms with Crippen LogP contribution in [-0.2, 0) is 9.53 Å². The summed E-state index contributed by atoms with van der Waals surface area (Å²) in [7, 11) is 0. The number of amides is 1. The summed E-state index contributed by atoms with van der Waals surface area (Å²) in [6, 6.07) is 5.62. The molecular formula is C15H17ClFN3O3. The summed E-state index contributed by atoms with van der Waals surface area (Å²) in [6.45, 7) is 2.06. The zero-order valence-corrected chi connectivity index (χ0v) is 13.3. The van der Waals surface area contributed by atoms with Crippen LogP contribution in [0.5, 0.6) is 0 Å². The van der Waals surface area contributed by atoms with Crippen molar-refractivity contribution in [1.29, 1.82) is 0 Å². The van der Waals surface area contributed by atoms with Crippen LogP contribution in [0.4, 0.5) is 10.1 Å². The van der Waals surface area contributed by atoms with Crippen LogP contribution in [0.3, 0.4) is 0 Å². The van der Waals surface area contributed by atoms with Gasteiger partial charge in [0, 0.05) is 12.2 Å². The van der Waals surface area contributed by atoms with E-state index in [9.17, 15) is 14.0 Å². The van der Waals surface area contributed by atoms with E-state index in [4.69, 9.17) is 4.74 Å². The fourth-order valence-electron chi connectivity index (χ4n) is 1.95. The summed E-state index contributed by atoms with van der Waals surface area (Å²) < 4.78 is 18.3. The first-order chi connectivity index (χ1) is 10.6. The Kier molecular flexibility index (Phi) is 7.21. The lowest BCUT2D eigenvalue weighted by molar-refractivity contribution is -0.142. The average molecular weight is 342 g/mol. The van der Waals surface area contributed by atoms with E-state index >= 15 is 0 Å². The Balaban J connectivity index is 0.00000264. The van der Waals surface area contributed by atoms with Crippen molar-refractivity contribution >= 4 is 30.0 Å². The van der Waals surface area contributed by atoms with Crippen LogP contribution >= 0.6 is 12.4 Å². The number of carbonyl (C=O) groups excluding carboxylic acids is 2. The smallest absolute Gasteiger partial charge is 0.307 e. The van der Waals surface area contributed by atoms with Gasteiger partial charge in [-0.2, -0.15) is 0 Å². The number of halogens is 2. The summed E-state index contributed by atoms with van der Waals surface area (Å²) in [5.74, 6) is -1.27. The summed E-state index contributed by atoms with van der Waals surface area (Å²) in [5, 5.41) is 0. The molecule has 1 N–H and O–H groups in total. The predicted molar refractivity (Wildman–Crippen MR) is 85.2 cm³/mol. The maximum absolute atomic E-state index is 13.4. The monoisotopic (exact) mass is 341 g/mol. The van der Waals surface area contributed by atoms with E-state index in [1.807, 2.05) is 0 Å². The fourth-order valence-corrected chi connectivity index (χ4v) is 1.95. The molecule has 0 aliphatic carbocycles. The van der Waals surface area contributed by atoms with Gasteiger partial charge in [-0.1, -0.05) is 6.07 Å². The standard InChI is InChI=1S/C15H16FN3O3.ClH/c1-2-22-14(20)6-7-19(12-5-3-4-11(16)8-12)15(21)13-9-17-10-18-13;/h3-5,8-10H,2,6-7H2,1H3,(H,17,18);1H. The predicted octanol–water partition coefficient (Wildman–Crippen LogP) is 2.57. The van der Waals surface area contributed by atoms with Gasteiger partial charge in [0.1, 0.15) is 11.5 Å². The number of nitrogens with one attached hydrogen (secondary N) is 1. The molecule has 124 valence electrons. The van der Waals surface area contributed by atoms with Crippen molar-refractivity contribution in [3.8, 4) is 0 Å². The third kappa shape index (κ3) is 5.07. The molecule has 6 nitrogen and oxygen atoms in total. The number of imidazole rings is 1. The first kappa shape index (κ1) is 18.6. The highest BCUT2D eigenvalue weighted by atomic mass is 35.5. The topological polar surface area (TPSA) is 75.3 Å². The number of anilines is 1. The number of benzene rings is 1. The average Bonchev–Trinajstić information content (AvgIpc) is 3.02. The molecule has 1 amide bonds. The fraction of sp³-hybridized carbons (Fsp3) is 0.267. The van der Waals surface area contributed by atoms with E-state index in [1.165, 1.54) is 35.6 Å². The number of ether oxygens (including phenoxy) is 1. The molecule has 0 aliphatic heterocycles.